The minimum absolute atomic E-state index is 0.334. The third kappa shape index (κ3) is 2.55. The molecule has 0 amide bonds. The number of rotatable bonds is 2. The molecule has 0 aliphatic heterocycles. The van der Waals surface area contributed by atoms with Gasteiger partial charge in [-0.05, 0) is 56.2 Å². The molecule has 0 saturated heterocycles. The molecule has 27 heavy (non-hydrogen) atoms. The van der Waals surface area contributed by atoms with E-state index in [4.69, 9.17) is 9.47 Å². The first-order chi connectivity index (χ1) is 13.1. The fourth-order valence-electron chi connectivity index (χ4n) is 4.72. The lowest BCUT2D eigenvalue weighted by molar-refractivity contribution is 0.152. The molecule has 0 spiro atoms. The maximum atomic E-state index is 12.5. The molecule has 2 aliphatic rings. The number of hydrogen-bond donors (Lipinski definition) is 1. The zero-order valence-electron chi connectivity index (χ0n) is 15.1. The number of aromatic hydroxyl groups is 1. The molecule has 1 N–H and O–H groups in total. The summed E-state index contributed by atoms with van der Waals surface area (Å²) >= 11 is 0. The number of hydrogen-bond acceptors (Lipinski definition) is 4. The molecule has 5 rings (SSSR count). The molecule has 2 atom stereocenters. The van der Waals surface area contributed by atoms with Crippen molar-refractivity contribution < 1.29 is 19.4 Å². The maximum Gasteiger partial charge on any atom is 0.519 e. The van der Waals surface area contributed by atoms with Gasteiger partial charge in [-0.1, -0.05) is 35.9 Å². The molecular formula is C23H20O4. The Morgan fingerprint density at radius 1 is 0.963 bits per heavy atom. The van der Waals surface area contributed by atoms with E-state index in [0.29, 0.717) is 29.1 Å². The molecule has 0 radical (unpaired) electrons. The Hall–Kier alpha value is -3.01. The molecule has 4 nitrogen and oxygen atoms in total. The van der Waals surface area contributed by atoms with Crippen LogP contribution in [-0.4, -0.2) is 11.3 Å². The lowest BCUT2D eigenvalue weighted by Gasteiger charge is -2.22. The van der Waals surface area contributed by atoms with E-state index in [9.17, 15) is 9.90 Å². The third-order valence-electron chi connectivity index (χ3n) is 5.84. The van der Waals surface area contributed by atoms with Crippen LogP contribution in [0.25, 0.3) is 10.8 Å². The van der Waals surface area contributed by atoms with Gasteiger partial charge in [-0.25, -0.2) is 4.79 Å². The summed E-state index contributed by atoms with van der Waals surface area (Å²) in [6, 6.07) is 14.7. The number of phenols is 1. The highest BCUT2D eigenvalue weighted by Gasteiger charge is 2.42. The van der Waals surface area contributed by atoms with Crippen molar-refractivity contribution in [3.05, 3.63) is 65.2 Å². The largest absolute Gasteiger partial charge is 0.519 e. The van der Waals surface area contributed by atoms with Crippen molar-refractivity contribution in [2.24, 2.45) is 0 Å². The van der Waals surface area contributed by atoms with Gasteiger partial charge in [0.05, 0.1) is 0 Å². The second-order valence-electron chi connectivity index (χ2n) is 7.53. The standard InChI is InChI=1S/C23H20O4/c1-13-7-10-17-18(11-13)22(27-23(25)26-16-5-3-2-4-6-16)20-15-9-8-14(12-15)19(20)21(17)24/h2-7,10-11,14-15,24H,8-9,12H2,1H3. The van der Waals surface area contributed by atoms with Crippen LogP contribution >= 0.6 is 0 Å². The van der Waals surface area contributed by atoms with E-state index in [0.717, 1.165) is 46.7 Å². The Kier molecular flexibility index (Phi) is 3.61. The van der Waals surface area contributed by atoms with Crippen molar-refractivity contribution in [3.63, 3.8) is 0 Å². The molecule has 3 aromatic rings. The molecule has 2 unspecified atom stereocenters. The molecule has 0 heterocycles. The summed E-state index contributed by atoms with van der Waals surface area (Å²) < 4.78 is 11.1. The minimum Gasteiger partial charge on any atom is -0.507 e. The van der Waals surface area contributed by atoms with E-state index in [2.05, 4.69) is 0 Å². The number of fused-ring (bicyclic) bond motifs is 6. The molecule has 2 bridgehead atoms. The second kappa shape index (κ2) is 6.02. The van der Waals surface area contributed by atoms with Gasteiger partial charge >= 0.3 is 6.16 Å². The van der Waals surface area contributed by atoms with Crippen molar-refractivity contribution in [2.45, 2.75) is 38.0 Å². The summed E-state index contributed by atoms with van der Waals surface area (Å²) in [5.74, 6) is 2.02. The molecule has 136 valence electrons. The highest BCUT2D eigenvalue weighted by atomic mass is 16.7. The summed E-state index contributed by atoms with van der Waals surface area (Å²) in [7, 11) is 0. The summed E-state index contributed by atoms with van der Waals surface area (Å²) in [6.45, 7) is 1.99. The highest BCUT2D eigenvalue weighted by Crippen LogP contribution is 2.60. The zero-order chi connectivity index (χ0) is 18.5. The predicted octanol–water partition coefficient (Wildman–Crippen LogP) is 5.80. The normalized spacial score (nSPS) is 19.9. The van der Waals surface area contributed by atoms with Gasteiger partial charge in [0, 0.05) is 21.9 Å². The molecule has 2 aliphatic carbocycles. The Morgan fingerprint density at radius 3 is 2.48 bits per heavy atom. The fraction of sp³-hybridized carbons (Fsp3) is 0.261. The van der Waals surface area contributed by atoms with Gasteiger partial charge in [0.15, 0.2) is 0 Å². The van der Waals surface area contributed by atoms with Crippen LogP contribution in [0.2, 0.25) is 0 Å². The molecule has 3 aromatic carbocycles. The Morgan fingerprint density at radius 2 is 1.70 bits per heavy atom. The smallest absolute Gasteiger partial charge is 0.507 e. The Balaban J connectivity index is 1.63. The number of phenolic OH excluding ortho intramolecular Hbond substituents is 1. The predicted molar refractivity (Wildman–Crippen MR) is 103 cm³/mol. The first kappa shape index (κ1) is 16.2. The lowest BCUT2D eigenvalue weighted by atomic mass is 9.87. The third-order valence-corrected chi connectivity index (χ3v) is 5.84. The van der Waals surface area contributed by atoms with Gasteiger partial charge in [-0.3, -0.25) is 0 Å². The zero-order valence-corrected chi connectivity index (χ0v) is 15.1. The monoisotopic (exact) mass is 360 g/mol. The molecule has 1 fully saturated rings. The second-order valence-corrected chi connectivity index (χ2v) is 7.53. The number of carbonyl (C=O) groups is 1. The van der Waals surface area contributed by atoms with Crippen LogP contribution in [-0.2, 0) is 0 Å². The van der Waals surface area contributed by atoms with E-state index < -0.39 is 6.16 Å². The van der Waals surface area contributed by atoms with Crippen LogP contribution in [0, 0.1) is 6.92 Å². The van der Waals surface area contributed by atoms with Crippen LogP contribution in [0.4, 0.5) is 4.79 Å². The van der Waals surface area contributed by atoms with Gasteiger partial charge < -0.3 is 14.6 Å². The molecule has 1 saturated carbocycles. The number of aryl methyl sites for hydroxylation is 1. The van der Waals surface area contributed by atoms with E-state index in [1.807, 2.05) is 31.2 Å². The van der Waals surface area contributed by atoms with E-state index >= 15 is 0 Å². The van der Waals surface area contributed by atoms with Crippen molar-refractivity contribution in [2.75, 3.05) is 0 Å². The Labute approximate surface area is 157 Å². The van der Waals surface area contributed by atoms with Crippen LogP contribution in [0.1, 0.15) is 47.8 Å². The van der Waals surface area contributed by atoms with Crippen molar-refractivity contribution in [1.82, 2.24) is 0 Å². The number of benzene rings is 3. The first-order valence-electron chi connectivity index (χ1n) is 9.35. The summed E-state index contributed by atoms with van der Waals surface area (Å²) in [6.07, 6.45) is 2.41. The average Bonchev–Trinajstić information content (AvgIpc) is 3.27. The quantitative estimate of drug-likeness (QED) is 0.464. The van der Waals surface area contributed by atoms with Gasteiger partial charge in [-0.2, -0.15) is 0 Å². The van der Waals surface area contributed by atoms with Gasteiger partial charge in [0.1, 0.15) is 17.2 Å². The first-order valence-corrected chi connectivity index (χ1v) is 9.35. The SMILES string of the molecule is Cc1ccc2c(O)c3c(c(OC(=O)Oc4ccccc4)c2c1)C1CCC3C1. The topological polar surface area (TPSA) is 55.8 Å². The number of para-hydroxylation sites is 1. The lowest BCUT2D eigenvalue weighted by Crippen LogP contribution is -2.16. The summed E-state index contributed by atoms with van der Waals surface area (Å²) in [5, 5.41) is 12.4. The van der Waals surface area contributed by atoms with E-state index in [1.165, 1.54) is 0 Å². The average molecular weight is 360 g/mol. The Bertz CT molecular complexity index is 1060. The summed E-state index contributed by atoms with van der Waals surface area (Å²) in [5.41, 5.74) is 3.00. The van der Waals surface area contributed by atoms with E-state index in [-0.39, 0.29) is 0 Å². The molecule has 4 heteroatoms. The highest BCUT2D eigenvalue weighted by molar-refractivity contribution is 5.98. The molecule has 0 aromatic heterocycles. The van der Waals surface area contributed by atoms with Crippen LogP contribution in [0.15, 0.2) is 48.5 Å². The van der Waals surface area contributed by atoms with Crippen molar-refractivity contribution in [1.29, 1.82) is 0 Å². The maximum absolute atomic E-state index is 12.5. The van der Waals surface area contributed by atoms with Crippen LogP contribution < -0.4 is 9.47 Å². The van der Waals surface area contributed by atoms with Gasteiger partial charge in [0.2, 0.25) is 0 Å². The van der Waals surface area contributed by atoms with Gasteiger partial charge in [0.25, 0.3) is 0 Å². The number of ether oxygens (including phenoxy) is 2. The van der Waals surface area contributed by atoms with E-state index in [1.54, 1.807) is 24.3 Å². The fourth-order valence-corrected chi connectivity index (χ4v) is 4.72. The van der Waals surface area contributed by atoms with Crippen molar-refractivity contribution >= 4 is 16.9 Å². The van der Waals surface area contributed by atoms with Crippen molar-refractivity contribution in [3.8, 4) is 17.2 Å². The van der Waals surface area contributed by atoms with Crippen LogP contribution in [0.3, 0.4) is 0 Å². The number of carbonyl (C=O) groups excluding carboxylic acids is 1. The van der Waals surface area contributed by atoms with Crippen LogP contribution in [0.5, 0.6) is 17.2 Å². The molecular weight excluding hydrogens is 340 g/mol. The minimum atomic E-state index is -0.750. The summed E-state index contributed by atoms with van der Waals surface area (Å²) in [4.78, 5) is 12.5. The van der Waals surface area contributed by atoms with Gasteiger partial charge in [-0.15, -0.1) is 0 Å².